The largest absolute Gasteiger partial charge is 0.395 e. The standard InChI is InChI=1S/C10H16F2N4O/c1-3-4-6-8(13)9(15-14-6)10(17)16(2)5-7(11)12/h7H,3-5,13H2,1-2H3,(H,14,15). The lowest BCUT2D eigenvalue weighted by Gasteiger charge is -2.15. The Hall–Kier alpha value is -1.66. The van der Waals surface area contributed by atoms with Crippen molar-refractivity contribution < 1.29 is 13.6 Å². The third-order valence-corrected chi connectivity index (χ3v) is 2.34. The third kappa shape index (κ3) is 3.15. The Bertz CT molecular complexity index is 392. The molecule has 0 aliphatic heterocycles. The summed E-state index contributed by atoms with van der Waals surface area (Å²) in [5, 5.41) is 6.43. The molecule has 1 amide bonds. The van der Waals surface area contributed by atoms with E-state index in [2.05, 4.69) is 10.2 Å². The van der Waals surface area contributed by atoms with Crippen LogP contribution in [-0.2, 0) is 6.42 Å². The second-order valence-electron chi connectivity index (χ2n) is 3.79. The van der Waals surface area contributed by atoms with Gasteiger partial charge in [-0.3, -0.25) is 9.89 Å². The second-order valence-corrected chi connectivity index (χ2v) is 3.79. The predicted molar refractivity (Wildman–Crippen MR) is 60.0 cm³/mol. The van der Waals surface area contributed by atoms with Crippen molar-refractivity contribution in [3.8, 4) is 0 Å². The molecule has 0 unspecified atom stereocenters. The van der Waals surface area contributed by atoms with Crippen LogP contribution in [0.5, 0.6) is 0 Å². The van der Waals surface area contributed by atoms with Crippen molar-refractivity contribution in [3.05, 3.63) is 11.4 Å². The van der Waals surface area contributed by atoms with Crippen LogP contribution in [0, 0.1) is 0 Å². The van der Waals surface area contributed by atoms with E-state index in [0.717, 1.165) is 11.3 Å². The van der Waals surface area contributed by atoms with E-state index in [4.69, 9.17) is 5.73 Å². The number of aromatic nitrogens is 2. The molecular weight excluding hydrogens is 230 g/mol. The quantitative estimate of drug-likeness (QED) is 0.821. The van der Waals surface area contributed by atoms with Gasteiger partial charge < -0.3 is 10.6 Å². The summed E-state index contributed by atoms with van der Waals surface area (Å²) in [5.74, 6) is -0.596. The Morgan fingerprint density at radius 2 is 2.24 bits per heavy atom. The Balaban J connectivity index is 2.82. The number of nitrogens with zero attached hydrogens (tertiary/aromatic N) is 2. The lowest BCUT2D eigenvalue weighted by atomic mass is 10.2. The first-order chi connectivity index (χ1) is 7.97. The number of aryl methyl sites for hydroxylation is 1. The fourth-order valence-electron chi connectivity index (χ4n) is 1.46. The monoisotopic (exact) mass is 246 g/mol. The van der Waals surface area contributed by atoms with E-state index >= 15 is 0 Å². The smallest absolute Gasteiger partial charge is 0.276 e. The molecule has 0 saturated carbocycles. The highest BCUT2D eigenvalue weighted by molar-refractivity contribution is 5.97. The van der Waals surface area contributed by atoms with Crippen LogP contribution in [0.3, 0.4) is 0 Å². The minimum Gasteiger partial charge on any atom is -0.395 e. The van der Waals surface area contributed by atoms with Crippen LogP contribution < -0.4 is 5.73 Å². The maximum Gasteiger partial charge on any atom is 0.276 e. The van der Waals surface area contributed by atoms with Crippen molar-refractivity contribution in [2.45, 2.75) is 26.2 Å². The number of hydrogen-bond acceptors (Lipinski definition) is 3. The predicted octanol–water partition coefficient (Wildman–Crippen LogP) is 1.28. The SMILES string of the molecule is CCCc1[nH]nc(C(=O)N(C)CC(F)F)c1N. The van der Waals surface area contributed by atoms with E-state index < -0.39 is 18.9 Å². The molecule has 5 nitrogen and oxygen atoms in total. The molecule has 3 N–H and O–H groups in total. The summed E-state index contributed by atoms with van der Waals surface area (Å²) < 4.78 is 24.3. The molecule has 7 heteroatoms. The minimum absolute atomic E-state index is 0.0107. The van der Waals surface area contributed by atoms with E-state index in [9.17, 15) is 13.6 Å². The second kappa shape index (κ2) is 5.60. The van der Waals surface area contributed by atoms with Gasteiger partial charge in [0.15, 0.2) is 5.69 Å². The molecule has 0 saturated heterocycles. The highest BCUT2D eigenvalue weighted by atomic mass is 19.3. The average Bonchev–Trinajstić information content (AvgIpc) is 2.59. The fraction of sp³-hybridized carbons (Fsp3) is 0.600. The van der Waals surface area contributed by atoms with Gasteiger partial charge in [-0.15, -0.1) is 0 Å². The molecule has 0 aromatic carbocycles. The summed E-state index contributed by atoms with van der Waals surface area (Å²) in [7, 11) is 1.29. The van der Waals surface area contributed by atoms with Gasteiger partial charge in [-0.25, -0.2) is 8.78 Å². The number of aromatic amines is 1. The first-order valence-electron chi connectivity index (χ1n) is 5.33. The van der Waals surface area contributed by atoms with E-state index in [-0.39, 0.29) is 11.4 Å². The molecule has 0 aliphatic carbocycles. The maximum atomic E-state index is 12.1. The summed E-state index contributed by atoms with van der Waals surface area (Å²) in [6.45, 7) is 1.33. The number of nitrogen functional groups attached to an aromatic ring is 1. The minimum atomic E-state index is -2.57. The third-order valence-electron chi connectivity index (χ3n) is 2.34. The van der Waals surface area contributed by atoms with Gasteiger partial charge in [0, 0.05) is 7.05 Å². The number of rotatable bonds is 5. The molecule has 1 heterocycles. The number of carbonyl (C=O) groups excluding carboxylic acids is 1. The van der Waals surface area contributed by atoms with Gasteiger partial charge in [0.25, 0.3) is 12.3 Å². The summed E-state index contributed by atoms with van der Waals surface area (Å²) in [6, 6.07) is 0. The summed E-state index contributed by atoms with van der Waals surface area (Å²) in [4.78, 5) is 12.7. The van der Waals surface area contributed by atoms with Gasteiger partial charge in [0.2, 0.25) is 0 Å². The van der Waals surface area contributed by atoms with Crippen molar-refractivity contribution >= 4 is 11.6 Å². The van der Waals surface area contributed by atoms with Crippen LogP contribution >= 0.6 is 0 Å². The average molecular weight is 246 g/mol. The van der Waals surface area contributed by atoms with Crippen LogP contribution in [0.25, 0.3) is 0 Å². The van der Waals surface area contributed by atoms with Gasteiger partial charge >= 0.3 is 0 Å². The van der Waals surface area contributed by atoms with Crippen molar-refractivity contribution in [2.24, 2.45) is 0 Å². The van der Waals surface area contributed by atoms with Crippen molar-refractivity contribution in [1.82, 2.24) is 15.1 Å². The number of hydrogen-bond donors (Lipinski definition) is 2. The first-order valence-corrected chi connectivity index (χ1v) is 5.33. The van der Waals surface area contributed by atoms with Gasteiger partial charge in [0.1, 0.15) is 0 Å². The molecule has 1 rings (SSSR count). The Labute approximate surface area is 98.0 Å². The number of alkyl halides is 2. The van der Waals surface area contributed by atoms with Crippen LogP contribution in [0.1, 0.15) is 29.5 Å². The number of anilines is 1. The molecule has 0 bridgehead atoms. The van der Waals surface area contributed by atoms with Gasteiger partial charge in [-0.2, -0.15) is 5.10 Å². The van der Waals surface area contributed by atoms with Crippen LogP contribution in [0.4, 0.5) is 14.5 Å². The lowest BCUT2D eigenvalue weighted by molar-refractivity contribution is 0.0616. The zero-order chi connectivity index (χ0) is 13.0. The molecule has 1 aromatic heterocycles. The van der Waals surface area contributed by atoms with Crippen molar-refractivity contribution in [2.75, 3.05) is 19.3 Å². The normalized spacial score (nSPS) is 10.9. The molecule has 17 heavy (non-hydrogen) atoms. The topological polar surface area (TPSA) is 75.0 Å². The fourth-order valence-corrected chi connectivity index (χ4v) is 1.46. The summed E-state index contributed by atoms with van der Waals surface area (Å²) in [6.07, 6.45) is -1.04. The molecule has 0 atom stereocenters. The Kier molecular flexibility index (Phi) is 4.42. The molecular formula is C10H16F2N4O. The molecule has 96 valence electrons. The van der Waals surface area contributed by atoms with Crippen LogP contribution in [-0.4, -0.2) is 41.0 Å². The molecule has 0 fully saturated rings. The van der Waals surface area contributed by atoms with E-state index in [0.29, 0.717) is 12.1 Å². The molecule has 1 aromatic rings. The van der Waals surface area contributed by atoms with E-state index in [1.807, 2.05) is 6.92 Å². The summed E-state index contributed by atoms with van der Waals surface area (Å²) in [5.41, 5.74) is 6.66. The van der Waals surface area contributed by atoms with Gasteiger partial charge in [0.05, 0.1) is 17.9 Å². The molecule has 0 aliphatic rings. The number of carbonyl (C=O) groups is 1. The summed E-state index contributed by atoms with van der Waals surface area (Å²) >= 11 is 0. The number of halogens is 2. The van der Waals surface area contributed by atoms with Crippen molar-refractivity contribution in [1.29, 1.82) is 0 Å². The zero-order valence-corrected chi connectivity index (χ0v) is 9.83. The van der Waals surface area contributed by atoms with Crippen LogP contribution in [0.2, 0.25) is 0 Å². The molecule has 0 radical (unpaired) electrons. The van der Waals surface area contributed by atoms with Crippen LogP contribution in [0.15, 0.2) is 0 Å². The van der Waals surface area contributed by atoms with Gasteiger partial charge in [-0.1, -0.05) is 13.3 Å². The van der Waals surface area contributed by atoms with E-state index in [1.165, 1.54) is 7.05 Å². The highest BCUT2D eigenvalue weighted by Crippen LogP contribution is 2.17. The Morgan fingerprint density at radius 1 is 1.59 bits per heavy atom. The maximum absolute atomic E-state index is 12.1. The lowest BCUT2D eigenvalue weighted by Crippen LogP contribution is -2.32. The highest BCUT2D eigenvalue weighted by Gasteiger charge is 2.22. The molecule has 0 spiro atoms. The number of H-pyrrole nitrogens is 1. The number of nitrogens with one attached hydrogen (secondary N) is 1. The number of nitrogens with two attached hydrogens (primary N) is 1. The zero-order valence-electron chi connectivity index (χ0n) is 9.83. The van der Waals surface area contributed by atoms with E-state index in [1.54, 1.807) is 0 Å². The van der Waals surface area contributed by atoms with Gasteiger partial charge in [-0.05, 0) is 6.42 Å². The Morgan fingerprint density at radius 3 is 2.76 bits per heavy atom. The first kappa shape index (κ1) is 13.4. The van der Waals surface area contributed by atoms with Crippen molar-refractivity contribution in [3.63, 3.8) is 0 Å². The number of amides is 1.